The van der Waals surface area contributed by atoms with Crippen LogP contribution in [-0.4, -0.2) is 11.1 Å². The summed E-state index contributed by atoms with van der Waals surface area (Å²) in [5, 5.41) is 8.62. The Bertz CT molecular complexity index is 228. The van der Waals surface area contributed by atoms with Crippen LogP contribution in [-0.2, 0) is 0 Å². The first-order valence-electron chi connectivity index (χ1n) is 2.21. The first-order chi connectivity index (χ1) is 4.20. The molecule has 1 rings (SSSR count). The number of carboxylic acids is 1. The summed E-state index contributed by atoms with van der Waals surface area (Å²) in [6.45, 7) is 0. The highest BCUT2D eigenvalue weighted by atomic mass is 32.1. The highest BCUT2D eigenvalue weighted by molar-refractivity contribution is 7.80. The average molecular weight is 144 g/mol. The molecule has 9 heavy (non-hydrogen) atoms. The number of rotatable bonds is 1. The van der Waals surface area contributed by atoms with Crippen LogP contribution in [0.25, 0.3) is 0 Å². The van der Waals surface area contributed by atoms with Crippen molar-refractivity contribution in [3.8, 4) is 0 Å². The quantitative estimate of drug-likeness (QED) is 0.583. The van der Waals surface area contributed by atoms with Crippen molar-refractivity contribution in [2.75, 3.05) is 0 Å². The van der Waals surface area contributed by atoms with E-state index in [0.29, 0.717) is 5.09 Å². The minimum Gasteiger partial charge on any atom is -0.478 e. The number of hydrogen-bond acceptors (Lipinski definition) is 3. The topological polar surface area (TPSA) is 50.4 Å². The average Bonchev–Trinajstić information content (AvgIpc) is 2.14. The van der Waals surface area contributed by atoms with Crippen LogP contribution < -0.4 is 0 Å². The molecule has 0 aromatic carbocycles. The van der Waals surface area contributed by atoms with Crippen molar-refractivity contribution in [3.05, 3.63) is 17.9 Å². The van der Waals surface area contributed by atoms with E-state index in [-0.39, 0.29) is 5.56 Å². The molecule has 0 radical (unpaired) electrons. The van der Waals surface area contributed by atoms with Crippen molar-refractivity contribution in [2.24, 2.45) is 0 Å². The zero-order valence-corrected chi connectivity index (χ0v) is 5.26. The second kappa shape index (κ2) is 2.14. The second-order valence-corrected chi connectivity index (χ2v) is 1.92. The maximum atomic E-state index is 10.1. The first-order valence-corrected chi connectivity index (χ1v) is 2.65. The van der Waals surface area contributed by atoms with Crippen molar-refractivity contribution >= 4 is 18.6 Å². The molecule has 0 aliphatic heterocycles. The van der Waals surface area contributed by atoms with E-state index in [2.05, 4.69) is 17.0 Å². The number of hydrogen-bond donors (Lipinski definition) is 2. The highest BCUT2D eigenvalue weighted by Gasteiger charge is 2.04. The zero-order valence-electron chi connectivity index (χ0n) is 4.37. The fourth-order valence-electron chi connectivity index (χ4n) is 0.437. The van der Waals surface area contributed by atoms with Crippen molar-refractivity contribution in [1.29, 1.82) is 0 Å². The standard InChI is InChI=1S/C5H4O3S/c6-5(7)3-1-4(9)8-2-3/h1-2,9H,(H,6,7). The van der Waals surface area contributed by atoms with E-state index < -0.39 is 5.97 Å². The summed E-state index contributed by atoms with van der Waals surface area (Å²) in [5.41, 5.74) is 0.125. The van der Waals surface area contributed by atoms with Gasteiger partial charge in [-0.1, -0.05) is 0 Å². The third-order valence-electron chi connectivity index (χ3n) is 0.833. The molecular weight excluding hydrogens is 140 g/mol. The molecular formula is C5H4O3S. The molecule has 0 aliphatic rings. The SMILES string of the molecule is O=C(O)c1coc(S)c1. The smallest absolute Gasteiger partial charge is 0.339 e. The van der Waals surface area contributed by atoms with Gasteiger partial charge < -0.3 is 9.52 Å². The first kappa shape index (κ1) is 6.22. The van der Waals surface area contributed by atoms with E-state index >= 15 is 0 Å². The molecule has 1 aromatic heterocycles. The molecule has 0 fully saturated rings. The van der Waals surface area contributed by atoms with Crippen LogP contribution in [0.5, 0.6) is 0 Å². The third-order valence-corrected chi connectivity index (χ3v) is 1.07. The fourth-order valence-corrected chi connectivity index (χ4v) is 0.629. The van der Waals surface area contributed by atoms with Crippen LogP contribution in [0.3, 0.4) is 0 Å². The summed E-state index contributed by atoms with van der Waals surface area (Å²) in [5.74, 6) is -1.00. The molecule has 0 saturated heterocycles. The predicted molar refractivity (Wildman–Crippen MR) is 32.9 cm³/mol. The maximum Gasteiger partial charge on any atom is 0.339 e. The number of furan rings is 1. The molecule has 4 heteroatoms. The van der Waals surface area contributed by atoms with Crippen LogP contribution in [0.15, 0.2) is 21.8 Å². The van der Waals surface area contributed by atoms with Gasteiger partial charge in [0.2, 0.25) is 0 Å². The fraction of sp³-hybridized carbons (Fsp3) is 0. The number of carbonyl (C=O) groups is 1. The van der Waals surface area contributed by atoms with Crippen LogP contribution in [0, 0.1) is 0 Å². The normalized spacial score (nSPS) is 9.44. The Kier molecular flexibility index (Phi) is 1.48. The lowest BCUT2D eigenvalue weighted by molar-refractivity contribution is 0.0696. The van der Waals surface area contributed by atoms with Gasteiger partial charge in [-0.15, -0.1) is 12.6 Å². The molecule has 0 unspecified atom stereocenters. The van der Waals surface area contributed by atoms with E-state index in [4.69, 9.17) is 5.11 Å². The number of carboxylic acid groups (broad SMARTS) is 1. The molecule has 1 N–H and O–H groups in total. The number of thiol groups is 1. The lowest BCUT2D eigenvalue weighted by Gasteiger charge is -1.77. The molecule has 0 saturated carbocycles. The van der Waals surface area contributed by atoms with Gasteiger partial charge in [0.05, 0.1) is 5.56 Å². The van der Waals surface area contributed by atoms with Gasteiger partial charge in [-0.3, -0.25) is 0 Å². The van der Waals surface area contributed by atoms with Crippen LogP contribution >= 0.6 is 12.6 Å². The van der Waals surface area contributed by atoms with E-state index in [0.717, 1.165) is 6.26 Å². The van der Waals surface area contributed by atoms with Crippen molar-refractivity contribution in [3.63, 3.8) is 0 Å². The minimum atomic E-state index is -1.00. The molecule has 48 valence electrons. The van der Waals surface area contributed by atoms with E-state index in [9.17, 15) is 4.79 Å². The lowest BCUT2D eigenvalue weighted by Crippen LogP contribution is -1.91. The highest BCUT2D eigenvalue weighted by Crippen LogP contribution is 2.10. The maximum absolute atomic E-state index is 10.1. The third kappa shape index (κ3) is 1.26. The summed E-state index contributed by atoms with van der Waals surface area (Å²) in [6.07, 6.45) is 1.14. The largest absolute Gasteiger partial charge is 0.478 e. The predicted octanol–water partition coefficient (Wildman–Crippen LogP) is 1.27. The molecule has 0 atom stereocenters. The molecule has 3 nitrogen and oxygen atoms in total. The molecule has 0 amide bonds. The zero-order chi connectivity index (χ0) is 6.85. The molecule has 1 aromatic rings. The van der Waals surface area contributed by atoms with Crippen molar-refractivity contribution in [1.82, 2.24) is 0 Å². The van der Waals surface area contributed by atoms with Gasteiger partial charge in [0.25, 0.3) is 0 Å². The van der Waals surface area contributed by atoms with E-state index in [1.165, 1.54) is 6.07 Å². The molecule has 1 heterocycles. The van der Waals surface area contributed by atoms with Gasteiger partial charge >= 0.3 is 5.97 Å². The minimum absolute atomic E-state index is 0.125. The Morgan fingerprint density at radius 1 is 1.78 bits per heavy atom. The summed E-state index contributed by atoms with van der Waals surface area (Å²) in [6, 6.07) is 1.34. The van der Waals surface area contributed by atoms with Crippen molar-refractivity contribution < 1.29 is 14.3 Å². The molecule has 0 aliphatic carbocycles. The van der Waals surface area contributed by atoms with Crippen molar-refractivity contribution in [2.45, 2.75) is 5.09 Å². The summed E-state index contributed by atoms with van der Waals surface area (Å²) >= 11 is 3.77. The van der Waals surface area contributed by atoms with E-state index in [1.54, 1.807) is 0 Å². The van der Waals surface area contributed by atoms with Gasteiger partial charge in [0.1, 0.15) is 6.26 Å². The van der Waals surface area contributed by atoms with Crippen LogP contribution in [0.4, 0.5) is 0 Å². The Labute approximate surface area is 56.7 Å². The Hall–Kier alpha value is -0.900. The van der Waals surface area contributed by atoms with E-state index in [1.807, 2.05) is 0 Å². The second-order valence-electron chi connectivity index (χ2n) is 1.48. The van der Waals surface area contributed by atoms with Gasteiger partial charge in [0, 0.05) is 6.07 Å². The summed E-state index contributed by atoms with van der Waals surface area (Å²) < 4.78 is 4.61. The van der Waals surface area contributed by atoms with Crippen LogP contribution in [0.1, 0.15) is 10.4 Å². The molecule has 0 bridgehead atoms. The van der Waals surface area contributed by atoms with Gasteiger partial charge in [-0.25, -0.2) is 4.79 Å². The van der Waals surface area contributed by atoms with Gasteiger partial charge in [-0.2, -0.15) is 0 Å². The Morgan fingerprint density at radius 3 is 2.67 bits per heavy atom. The lowest BCUT2D eigenvalue weighted by atomic mass is 10.4. The van der Waals surface area contributed by atoms with Gasteiger partial charge in [0.15, 0.2) is 5.09 Å². The Morgan fingerprint density at radius 2 is 2.44 bits per heavy atom. The van der Waals surface area contributed by atoms with Gasteiger partial charge in [-0.05, 0) is 0 Å². The van der Waals surface area contributed by atoms with Crippen LogP contribution in [0.2, 0.25) is 0 Å². The summed E-state index contributed by atoms with van der Waals surface area (Å²) in [4.78, 5) is 10.1. The molecule has 0 spiro atoms. The monoisotopic (exact) mass is 144 g/mol. The Balaban J connectivity index is 2.98. The number of aromatic carboxylic acids is 1. The summed E-state index contributed by atoms with van der Waals surface area (Å²) in [7, 11) is 0.